The second kappa shape index (κ2) is 11.2. The van der Waals surface area contributed by atoms with E-state index in [1.54, 1.807) is 0 Å². The Kier molecular flexibility index (Phi) is 11.0. The fourth-order valence-electron chi connectivity index (χ4n) is 2.16. The van der Waals surface area contributed by atoms with E-state index >= 15 is 0 Å². The molecule has 0 amide bonds. The first kappa shape index (κ1) is 15.7. The smallest absolute Gasteiger partial charge is 0.0104 e. The predicted molar refractivity (Wildman–Crippen MR) is 74.9 cm³/mol. The molecule has 0 heterocycles. The molecule has 0 radical (unpaired) electrons. The van der Waals surface area contributed by atoms with Crippen LogP contribution in [0.25, 0.3) is 0 Å². The van der Waals surface area contributed by atoms with Crippen LogP contribution in [0.4, 0.5) is 0 Å². The molecule has 1 nitrogen and oxygen atoms in total. The van der Waals surface area contributed by atoms with Gasteiger partial charge in [0, 0.05) is 6.04 Å². The number of nitrogens with one attached hydrogen (secondary N) is 1. The zero-order chi connectivity index (χ0) is 12.2. The molecule has 16 heavy (non-hydrogen) atoms. The molecule has 1 atom stereocenters. The molecule has 0 aromatic rings. The molecule has 0 rings (SSSR count). The molecule has 0 bridgehead atoms. The zero-order valence-corrected chi connectivity index (χ0v) is 11.6. The molecular formula is C15H31N. The average molecular weight is 225 g/mol. The van der Waals surface area contributed by atoms with E-state index in [1.807, 2.05) is 0 Å². The normalized spacial score (nSPS) is 12.7. The molecule has 0 saturated carbocycles. The van der Waals surface area contributed by atoms with Crippen molar-refractivity contribution in [2.45, 2.75) is 78.2 Å². The molecule has 0 aromatic carbocycles. The van der Waals surface area contributed by atoms with E-state index in [1.165, 1.54) is 50.5 Å². The lowest BCUT2D eigenvalue weighted by Gasteiger charge is -2.17. The van der Waals surface area contributed by atoms with Gasteiger partial charge in [0.1, 0.15) is 0 Å². The predicted octanol–water partition coefficient (Wildman–Crippen LogP) is 4.68. The molecule has 1 unspecified atom stereocenters. The fourth-order valence-corrected chi connectivity index (χ4v) is 2.16. The Hall–Kier alpha value is -0.300. The Morgan fingerprint density at radius 2 is 1.69 bits per heavy atom. The first-order chi connectivity index (χ1) is 7.70. The van der Waals surface area contributed by atoms with Crippen molar-refractivity contribution in [3.63, 3.8) is 0 Å². The Morgan fingerprint density at radius 1 is 1.06 bits per heavy atom. The van der Waals surface area contributed by atoms with Crippen LogP contribution in [-0.2, 0) is 0 Å². The van der Waals surface area contributed by atoms with Crippen LogP contribution in [-0.4, -0.2) is 12.6 Å². The fraction of sp³-hybridized carbons (Fsp3) is 0.867. The molecular weight excluding hydrogens is 194 g/mol. The highest BCUT2D eigenvalue weighted by Gasteiger charge is 2.06. The minimum absolute atomic E-state index is 0.661. The SMILES string of the molecule is C=C(C)CC(CCCCCCCC)NCC. The molecule has 1 heteroatoms. The van der Waals surface area contributed by atoms with E-state index in [0.717, 1.165) is 13.0 Å². The van der Waals surface area contributed by atoms with Crippen molar-refractivity contribution >= 4 is 0 Å². The van der Waals surface area contributed by atoms with Gasteiger partial charge in [-0.2, -0.15) is 0 Å². The summed E-state index contributed by atoms with van der Waals surface area (Å²) in [6, 6.07) is 0.661. The van der Waals surface area contributed by atoms with Gasteiger partial charge in [0.15, 0.2) is 0 Å². The van der Waals surface area contributed by atoms with Crippen LogP contribution in [0.3, 0.4) is 0 Å². The van der Waals surface area contributed by atoms with Crippen molar-refractivity contribution in [3.05, 3.63) is 12.2 Å². The Morgan fingerprint density at radius 3 is 2.25 bits per heavy atom. The maximum atomic E-state index is 4.01. The van der Waals surface area contributed by atoms with Gasteiger partial charge in [0.25, 0.3) is 0 Å². The van der Waals surface area contributed by atoms with Crippen LogP contribution >= 0.6 is 0 Å². The first-order valence-electron chi connectivity index (χ1n) is 7.08. The molecule has 0 aliphatic heterocycles. The van der Waals surface area contributed by atoms with E-state index < -0.39 is 0 Å². The van der Waals surface area contributed by atoms with E-state index in [9.17, 15) is 0 Å². The second-order valence-corrected chi connectivity index (χ2v) is 4.97. The summed E-state index contributed by atoms with van der Waals surface area (Å²) in [6.45, 7) is 11.7. The molecule has 0 aliphatic rings. The van der Waals surface area contributed by atoms with Crippen molar-refractivity contribution in [2.75, 3.05) is 6.54 Å². The summed E-state index contributed by atoms with van der Waals surface area (Å²) in [7, 11) is 0. The van der Waals surface area contributed by atoms with Gasteiger partial charge in [-0.3, -0.25) is 0 Å². The summed E-state index contributed by atoms with van der Waals surface area (Å²) in [5.41, 5.74) is 1.30. The minimum Gasteiger partial charge on any atom is -0.314 e. The molecule has 0 saturated heterocycles. The van der Waals surface area contributed by atoms with Gasteiger partial charge in [-0.15, -0.1) is 6.58 Å². The third-order valence-electron chi connectivity index (χ3n) is 2.99. The maximum absolute atomic E-state index is 4.01. The van der Waals surface area contributed by atoms with Gasteiger partial charge in [0.2, 0.25) is 0 Å². The number of hydrogen-bond donors (Lipinski definition) is 1. The highest BCUT2D eigenvalue weighted by Crippen LogP contribution is 2.12. The molecule has 96 valence electrons. The topological polar surface area (TPSA) is 12.0 Å². The van der Waals surface area contributed by atoms with Gasteiger partial charge >= 0.3 is 0 Å². The Labute approximate surface area is 103 Å². The van der Waals surface area contributed by atoms with Gasteiger partial charge in [0.05, 0.1) is 0 Å². The first-order valence-corrected chi connectivity index (χ1v) is 7.08. The summed E-state index contributed by atoms with van der Waals surface area (Å²) in [6.07, 6.45) is 10.8. The average Bonchev–Trinajstić information content (AvgIpc) is 2.22. The summed E-state index contributed by atoms with van der Waals surface area (Å²) in [5, 5.41) is 3.56. The van der Waals surface area contributed by atoms with Crippen LogP contribution in [0.2, 0.25) is 0 Å². The zero-order valence-electron chi connectivity index (χ0n) is 11.6. The molecule has 0 spiro atoms. The highest BCUT2D eigenvalue weighted by atomic mass is 14.9. The largest absolute Gasteiger partial charge is 0.314 e. The lowest BCUT2D eigenvalue weighted by molar-refractivity contribution is 0.459. The van der Waals surface area contributed by atoms with Crippen molar-refractivity contribution in [2.24, 2.45) is 0 Å². The third-order valence-corrected chi connectivity index (χ3v) is 2.99. The quantitative estimate of drug-likeness (QED) is 0.397. The summed E-state index contributed by atoms with van der Waals surface area (Å²) in [5.74, 6) is 0. The number of unbranched alkanes of at least 4 members (excludes halogenated alkanes) is 5. The van der Waals surface area contributed by atoms with Crippen molar-refractivity contribution in [1.29, 1.82) is 0 Å². The van der Waals surface area contributed by atoms with Gasteiger partial charge in [-0.1, -0.05) is 57.9 Å². The monoisotopic (exact) mass is 225 g/mol. The number of hydrogen-bond acceptors (Lipinski definition) is 1. The van der Waals surface area contributed by atoms with Crippen molar-refractivity contribution < 1.29 is 0 Å². The summed E-state index contributed by atoms with van der Waals surface area (Å²) < 4.78 is 0. The summed E-state index contributed by atoms with van der Waals surface area (Å²) in [4.78, 5) is 0. The second-order valence-electron chi connectivity index (χ2n) is 4.97. The maximum Gasteiger partial charge on any atom is 0.0104 e. The molecule has 0 aromatic heterocycles. The van der Waals surface area contributed by atoms with E-state index in [0.29, 0.717) is 6.04 Å². The highest BCUT2D eigenvalue weighted by molar-refractivity contribution is 4.92. The Balaban J connectivity index is 3.47. The lowest BCUT2D eigenvalue weighted by atomic mass is 10.0. The molecule has 0 fully saturated rings. The van der Waals surface area contributed by atoms with E-state index in [2.05, 4.69) is 32.7 Å². The molecule has 1 N–H and O–H groups in total. The lowest BCUT2D eigenvalue weighted by Crippen LogP contribution is -2.28. The standard InChI is InChI=1S/C15H31N/c1-5-7-8-9-10-11-12-15(16-6-2)13-14(3)4/h15-16H,3,5-13H2,1-2,4H3. The van der Waals surface area contributed by atoms with Crippen molar-refractivity contribution in [3.8, 4) is 0 Å². The van der Waals surface area contributed by atoms with Crippen LogP contribution in [0, 0.1) is 0 Å². The third kappa shape index (κ3) is 10.2. The van der Waals surface area contributed by atoms with Gasteiger partial charge in [-0.25, -0.2) is 0 Å². The van der Waals surface area contributed by atoms with Crippen LogP contribution < -0.4 is 5.32 Å². The van der Waals surface area contributed by atoms with Crippen LogP contribution in [0.5, 0.6) is 0 Å². The minimum atomic E-state index is 0.661. The van der Waals surface area contributed by atoms with Crippen LogP contribution in [0.1, 0.15) is 72.1 Å². The Bertz CT molecular complexity index is 163. The van der Waals surface area contributed by atoms with E-state index in [4.69, 9.17) is 0 Å². The number of rotatable bonds is 11. The van der Waals surface area contributed by atoms with Crippen molar-refractivity contribution in [1.82, 2.24) is 5.32 Å². The van der Waals surface area contributed by atoms with Gasteiger partial charge < -0.3 is 5.32 Å². The van der Waals surface area contributed by atoms with E-state index in [-0.39, 0.29) is 0 Å². The van der Waals surface area contributed by atoms with Crippen LogP contribution in [0.15, 0.2) is 12.2 Å². The van der Waals surface area contributed by atoms with Gasteiger partial charge in [-0.05, 0) is 26.3 Å². The molecule has 0 aliphatic carbocycles. The summed E-state index contributed by atoms with van der Waals surface area (Å²) >= 11 is 0.